The van der Waals surface area contributed by atoms with Crippen LogP contribution in [0.1, 0.15) is 4.88 Å². The van der Waals surface area contributed by atoms with Crippen LogP contribution in [0.25, 0.3) is 10.7 Å². The third-order valence-corrected chi connectivity index (χ3v) is 2.81. The van der Waals surface area contributed by atoms with E-state index in [1.165, 1.54) is 4.88 Å². The maximum absolute atomic E-state index is 5.46. The zero-order chi connectivity index (χ0) is 9.80. The molecule has 2 aromatic heterocycles. The normalized spacial score (nSPS) is 10.4. The van der Waals surface area contributed by atoms with Gasteiger partial charge in [0.15, 0.2) is 0 Å². The molecule has 0 unspecified atom stereocenters. The van der Waals surface area contributed by atoms with Crippen molar-refractivity contribution >= 4 is 11.3 Å². The van der Waals surface area contributed by atoms with Gasteiger partial charge in [-0.3, -0.25) is 9.97 Å². The Hall–Kier alpha value is -1.33. The third-order valence-electron chi connectivity index (χ3n) is 1.73. The van der Waals surface area contributed by atoms with Crippen LogP contribution in [0.4, 0.5) is 0 Å². The molecule has 2 heterocycles. The van der Waals surface area contributed by atoms with Crippen LogP contribution < -0.4 is 5.73 Å². The quantitative estimate of drug-likeness (QED) is 0.816. The first-order chi connectivity index (χ1) is 6.90. The molecule has 0 saturated carbocycles. The zero-order valence-electron chi connectivity index (χ0n) is 7.55. The molecule has 0 atom stereocenters. The minimum atomic E-state index is 0.655. The minimum Gasteiger partial charge on any atom is -0.330 e. The first-order valence-corrected chi connectivity index (χ1v) is 5.13. The topological polar surface area (TPSA) is 64.7 Å². The summed E-state index contributed by atoms with van der Waals surface area (Å²) in [5.74, 6) is 0. The lowest BCUT2D eigenvalue weighted by Gasteiger charge is -1.91. The molecular formula is C9H10N4S. The molecule has 0 bridgehead atoms. The third kappa shape index (κ3) is 1.94. The molecule has 0 aliphatic carbocycles. The Bertz CT molecular complexity index is 398. The Morgan fingerprint density at radius 1 is 1.21 bits per heavy atom. The van der Waals surface area contributed by atoms with Crippen LogP contribution in [0.15, 0.2) is 24.8 Å². The lowest BCUT2D eigenvalue weighted by Crippen LogP contribution is -2.00. The van der Waals surface area contributed by atoms with Crippen molar-refractivity contribution < 1.29 is 0 Å². The molecule has 2 rings (SSSR count). The van der Waals surface area contributed by atoms with Crippen LogP contribution in [-0.2, 0) is 6.42 Å². The second-order valence-electron chi connectivity index (χ2n) is 2.76. The number of thiazole rings is 1. The Morgan fingerprint density at radius 2 is 2.14 bits per heavy atom. The van der Waals surface area contributed by atoms with Gasteiger partial charge in [0.25, 0.3) is 0 Å². The fourth-order valence-corrected chi connectivity index (χ4v) is 1.98. The Kier molecular flexibility index (Phi) is 2.81. The first kappa shape index (κ1) is 9.23. The standard InChI is InChI=1S/C9H10N4S/c10-2-1-7-5-13-9(14-7)8-6-11-3-4-12-8/h3-6H,1-2,10H2. The Labute approximate surface area is 85.9 Å². The lowest BCUT2D eigenvalue weighted by atomic mass is 10.4. The zero-order valence-corrected chi connectivity index (χ0v) is 8.37. The second kappa shape index (κ2) is 4.26. The van der Waals surface area contributed by atoms with E-state index < -0.39 is 0 Å². The van der Waals surface area contributed by atoms with E-state index >= 15 is 0 Å². The van der Waals surface area contributed by atoms with Crippen molar-refractivity contribution in [2.45, 2.75) is 6.42 Å². The average Bonchev–Trinajstić information content (AvgIpc) is 2.68. The van der Waals surface area contributed by atoms with Gasteiger partial charge in [0.05, 0.1) is 6.20 Å². The smallest absolute Gasteiger partial charge is 0.143 e. The van der Waals surface area contributed by atoms with Gasteiger partial charge in [-0.1, -0.05) is 0 Å². The molecule has 2 N–H and O–H groups in total. The summed E-state index contributed by atoms with van der Waals surface area (Å²) in [5, 5.41) is 0.904. The summed E-state index contributed by atoms with van der Waals surface area (Å²) in [6, 6.07) is 0. The number of rotatable bonds is 3. The highest BCUT2D eigenvalue weighted by Gasteiger charge is 2.04. The highest BCUT2D eigenvalue weighted by atomic mass is 32.1. The van der Waals surface area contributed by atoms with Crippen molar-refractivity contribution in [3.8, 4) is 10.7 Å². The van der Waals surface area contributed by atoms with Crippen LogP contribution in [-0.4, -0.2) is 21.5 Å². The van der Waals surface area contributed by atoms with Gasteiger partial charge in [-0.2, -0.15) is 0 Å². The van der Waals surface area contributed by atoms with Gasteiger partial charge in [0, 0.05) is 23.5 Å². The van der Waals surface area contributed by atoms with Gasteiger partial charge in [-0.05, 0) is 13.0 Å². The first-order valence-electron chi connectivity index (χ1n) is 4.31. The van der Waals surface area contributed by atoms with Crippen LogP contribution in [0, 0.1) is 0 Å². The number of nitrogens with two attached hydrogens (primary N) is 1. The van der Waals surface area contributed by atoms with Crippen molar-refractivity contribution in [2.24, 2.45) is 5.73 Å². The predicted molar refractivity (Wildman–Crippen MR) is 55.9 cm³/mol. The van der Waals surface area contributed by atoms with Crippen LogP contribution in [0.3, 0.4) is 0 Å². The molecule has 0 radical (unpaired) electrons. The molecule has 0 saturated heterocycles. The van der Waals surface area contributed by atoms with Gasteiger partial charge in [0.2, 0.25) is 0 Å². The maximum atomic E-state index is 5.46. The molecular weight excluding hydrogens is 196 g/mol. The van der Waals surface area contributed by atoms with Crippen molar-refractivity contribution in [3.63, 3.8) is 0 Å². The van der Waals surface area contributed by atoms with Gasteiger partial charge in [-0.15, -0.1) is 11.3 Å². The summed E-state index contributed by atoms with van der Waals surface area (Å²) >= 11 is 1.62. The van der Waals surface area contributed by atoms with Crippen LogP contribution in [0.2, 0.25) is 0 Å². The van der Waals surface area contributed by atoms with Gasteiger partial charge in [0.1, 0.15) is 10.7 Å². The summed E-state index contributed by atoms with van der Waals surface area (Å²) < 4.78 is 0. The van der Waals surface area contributed by atoms with Crippen molar-refractivity contribution in [2.75, 3.05) is 6.54 Å². The summed E-state index contributed by atoms with van der Waals surface area (Å²) in [6.07, 6.45) is 7.75. The van der Waals surface area contributed by atoms with Crippen molar-refractivity contribution in [1.82, 2.24) is 15.0 Å². The SMILES string of the molecule is NCCc1cnc(-c2cnccn2)s1. The average molecular weight is 206 g/mol. The number of hydrogen-bond acceptors (Lipinski definition) is 5. The molecule has 0 amide bonds. The number of nitrogens with zero attached hydrogens (tertiary/aromatic N) is 3. The fraction of sp³-hybridized carbons (Fsp3) is 0.222. The molecule has 0 aliphatic rings. The summed E-state index contributed by atoms with van der Waals surface area (Å²) in [7, 11) is 0. The summed E-state index contributed by atoms with van der Waals surface area (Å²) in [5.41, 5.74) is 6.28. The van der Waals surface area contributed by atoms with E-state index in [-0.39, 0.29) is 0 Å². The van der Waals surface area contributed by atoms with Crippen molar-refractivity contribution in [3.05, 3.63) is 29.7 Å². The lowest BCUT2D eigenvalue weighted by molar-refractivity contribution is 0.984. The summed E-state index contributed by atoms with van der Waals surface area (Å²) in [4.78, 5) is 13.6. The van der Waals surface area contributed by atoms with E-state index in [2.05, 4.69) is 15.0 Å². The van der Waals surface area contributed by atoms with Crippen LogP contribution in [0.5, 0.6) is 0 Å². The Balaban J connectivity index is 2.25. The molecule has 5 heteroatoms. The van der Waals surface area contributed by atoms with E-state index in [4.69, 9.17) is 5.73 Å². The molecule has 0 spiro atoms. The van der Waals surface area contributed by atoms with E-state index in [0.29, 0.717) is 6.54 Å². The highest BCUT2D eigenvalue weighted by Crippen LogP contribution is 2.22. The van der Waals surface area contributed by atoms with Crippen LogP contribution >= 0.6 is 11.3 Å². The second-order valence-corrected chi connectivity index (χ2v) is 3.88. The Morgan fingerprint density at radius 3 is 2.86 bits per heavy atom. The van der Waals surface area contributed by atoms with Gasteiger partial charge in [-0.25, -0.2) is 4.98 Å². The number of aromatic nitrogens is 3. The molecule has 0 aliphatic heterocycles. The van der Waals surface area contributed by atoms with Crippen molar-refractivity contribution in [1.29, 1.82) is 0 Å². The maximum Gasteiger partial charge on any atom is 0.143 e. The molecule has 72 valence electrons. The monoisotopic (exact) mass is 206 g/mol. The van der Waals surface area contributed by atoms with Gasteiger partial charge >= 0.3 is 0 Å². The molecule has 4 nitrogen and oxygen atoms in total. The molecule has 0 fully saturated rings. The molecule has 14 heavy (non-hydrogen) atoms. The largest absolute Gasteiger partial charge is 0.330 e. The van der Waals surface area contributed by atoms with E-state index in [9.17, 15) is 0 Å². The molecule has 0 aromatic carbocycles. The number of hydrogen-bond donors (Lipinski definition) is 1. The predicted octanol–water partition coefficient (Wildman–Crippen LogP) is 1.10. The summed E-state index contributed by atoms with van der Waals surface area (Å²) in [6.45, 7) is 0.655. The molecule has 2 aromatic rings. The van der Waals surface area contributed by atoms with E-state index in [1.807, 2.05) is 6.20 Å². The van der Waals surface area contributed by atoms with E-state index in [0.717, 1.165) is 17.1 Å². The fourth-order valence-electron chi connectivity index (χ4n) is 1.09. The van der Waals surface area contributed by atoms with Gasteiger partial charge < -0.3 is 5.73 Å². The minimum absolute atomic E-state index is 0.655. The highest BCUT2D eigenvalue weighted by molar-refractivity contribution is 7.14. The van der Waals surface area contributed by atoms with E-state index in [1.54, 1.807) is 29.9 Å².